The van der Waals surface area contributed by atoms with Crippen molar-refractivity contribution >= 4 is 29.0 Å². The second kappa shape index (κ2) is 7.65. The van der Waals surface area contributed by atoms with Crippen LogP contribution in [0.2, 0.25) is 5.02 Å². The van der Waals surface area contributed by atoms with Gasteiger partial charge < -0.3 is 14.8 Å². The zero-order valence-electron chi connectivity index (χ0n) is 13.1. The van der Waals surface area contributed by atoms with E-state index in [1.807, 2.05) is 36.2 Å². The predicted octanol–water partition coefficient (Wildman–Crippen LogP) is 3.22. The standard InChI is InChI=1S/C15H21ClN4OS/c1-11-10-22-14(18-11)5-4-6-17-15(21)20(3)9-13-7-12(16)8-19(13)2/h7-8,10H,4-6,9H2,1-3H3,(H,17,21). The fourth-order valence-electron chi connectivity index (χ4n) is 2.13. The van der Waals surface area contributed by atoms with Crippen molar-refractivity contribution in [1.82, 2.24) is 19.8 Å². The molecule has 2 heterocycles. The lowest BCUT2D eigenvalue weighted by Crippen LogP contribution is -2.37. The van der Waals surface area contributed by atoms with Crippen molar-refractivity contribution in [1.29, 1.82) is 0 Å². The SMILES string of the molecule is Cc1csc(CCCNC(=O)N(C)Cc2cc(Cl)cn2C)n1. The first-order valence-corrected chi connectivity index (χ1v) is 8.42. The molecule has 0 saturated carbocycles. The molecule has 0 saturated heterocycles. The molecule has 2 rings (SSSR count). The smallest absolute Gasteiger partial charge is 0.317 e. The Morgan fingerprint density at radius 1 is 1.55 bits per heavy atom. The minimum atomic E-state index is -0.0763. The van der Waals surface area contributed by atoms with Gasteiger partial charge in [-0.1, -0.05) is 11.6 Å². The highest BCUT2D eigenvalue weighted by molar-refractivity contribution is 7.09. The van der Waals surface area contributed by atoms with Crippen LogP contribution in [0.1, 0.15) is 22.8 Å². The largest absolute Gasteiger partial charge is 0.351 e. The Kier molecular flexibility index (Phi) is 5.85. The quantitative estimate of drug-likeness (QED) is 0.821. The average molecular weight is 341 g/mol. The lowest BCUT2D eigenvalue weighted by Gasteiger charge is -2.18. The van der Waals surface area contributed by atoms with Gasteiger partial charge in [0.2, 0.25) is 0 Å². The molecule has 2 amide bonds. The number of amides is 2. The van der Waals surface area contributed by atoms with Crippen molar-refractivity contribution in [3.05, 3.63) is 39.1 Å². The number of nitrogens with zero attached hydrogens (tertiary/aromatic N) is 3. The maximum Gasteiger partial charge on any atom is 0.317 e. The average Bonchev–Trinajstić information content (AvgIpc) is 3.00. The monoisotopic (exact) mass is 340 g/mol. The number of rotatable bonds is 6. The summed E-state index contributed by atoms with van der Waals surface area (Å²) < 4.78 is 1.93. The van der Waals surface area contributed by atoms with Crippen molar-refractivity contribution < 1.29 is 4.79 Å². The molecule has 2 aromatic heterocycles. The van der Waals surface area contributed by atoms with Crippen LogP contribution in [0.25, 0.3) is 0 Å². The van der Waals surface area contributed by atoms with E-state index in [1.165, 1.54) is 0 Å². The van der Waals surface area contributed by atoms with Gasteiger partial charge in [-0.2, -0.15) is 0 Å². The summed E-state index contributed by atoms with van der Waals surface area (Å²) in [6, 6.07) is 1.79. The van der Waals surface area contributed by atoms with Gasteiger partial charge in [-0.25, -0.2) is 9.78 Å². The zero-order chi connectivity index (χ0) is 16.1. The molecule has 5 nitrogen and oxygen atoms in total. The summed E-state index contributed by atoms with van der Waals surface area (Å²) in [5.74, 6) is 0. The maximum atomic E-state index is 12.0. The summed E-state index contributed by atoms with van der Waals surface area (Å²) in [6.45, 7) is 3.17. The Bertz CT molecular complexity index is 637. The number of carbonyl (C=O) groups is 1. The van der Waals surface area contributed by atoms with Crippen molar-refractivity contribution in [3.8, 4) is 0 Å². The number of aryl methyl sites for hydroxylation is 3. The summed E-state index contributed by atoms with van der Waals surface area (Å²) in [5.41, 5.74) is 2.06. The van der Waals surface area contributed by atoms with Crippen LogP contribution in [0.4, 0.5) is 4.79 Å². The Morgan fingerprint density at radius 3 is 2.91 bits per heavy atom. The number of halogens is 1. The fraction of sp³-hybridized carbons (Fsp3) is 0.467. The lowest BCUT2D eigenvalue weighted by molar-refractivity contribution is 0.206. The summed E-state index contributed by atoms with van der Waals surface area (Å²) in [4.78, 5) is 18.1. The van der Waals surface area contributed by atoms with E-state index in [0.29, 0.717) is 18.1 Å². The van der Waals surface area contributed by atoms with Crippen molar-refractivity contribution in [2.45, 2.75) is 26.3 Å². The number of nitrogens with one attached hydrogen (secondary N) is 1. The molecule has 7 heteroatoms. The molecule has 0 bridgehead atoms. The second-order valence-electron chi connectivity index (χ2n) is 5.33. The highest BCUT2D eigenvalue weighted by Crippen LogP contribution is 2.14. The Balaban J connectivity index is 1.71. The van der Waals surface area contributed by atoms with E-state index < -0.39 is 0 Å². The molecule has 1 N–H and O–H groups in total. The van der Waals surface area contributed by atoms with Crippen molar-refractivity contribution in [2.24, 2.45) is 7.05 Å². The zero-order valence-corrected chi connectivity index (χ0v) is 14.7. The summed E-state index contributed by atoms with van der Waals surface area (Å²) in [5, 5.41) is 6.78. The molecule has 0 fully saturated rings. The molecule has 120 valence electrons. The number of hydrogen-bond acceptors (Lipinski definition) is 3. The van der Waals surface area contributed by atoms with E-state index in [-0.39, 0.29) is 6.03 Å². The number of urea groups is 1. The predicted molar refractivity (Wildman–Crippen MR) is 90.5 cm³/mol. The third-order valence-corrected chi connectivity index (χ3v) is 4.56. The number of aromatic nitrogens is 2. The molecule has 0 spiro atoms. The summed E-state index contributed by atoms with van der Waals surface area (Å²) >= 11 is 7.62. The van der Waals surface area contributed by atoms with Gasteiger partial charge in [-0.05, 0) is 19.4 Å². The highest BCUT2D eigenvalue weighted by Gasteiger charge is 2.11. The molecule has 0 aliphatic rings. The summed E-state index contributed by atoms with van der Waals surface area (Å²) in [7, 11) is 3.70. The van der Waals surface area contributed by atoms with E-state index in [1.54, 1.807) is 23.3 Å². The Hall–Kier alpha value is -1.53. The maximum absolute atomic E-state index is 12.0. The molecule has 0 aromatic carbocycles. The van der Waals surface area contributed by atoms with Crippen LogP contribution in [0, 0.1) is 6.92 Å². The number of carbonyl (C=O) groups excluding carboxylic acids is 1. The summed E-state index contributed by atoms with van der Waals surface area (Å²) in [6.07, 6.45) is 3.62. The normalized spacial score (nSPS) is 10.7. The molecule has 0 aliphatic heterocycles. The number of thiazole rings is 1. The van der Waals surface area contributed by atoms with Gasteiger partial charge in [0.25, 0.3) is 0 Å². The van der Waals surface area contributed by atoms with Crippen molar-refractivity contribution in [2.75, 3.05) is 13.6 Å². The van der Waals surface area contributed by atoms with Gasteiger partial charge in [0.1, 0.15) is 0 Å². The molecule has 0 unspecified atom stereocenters. The first-order chi connectivity index (χ1) is 10.5. The first-order valence-electron chi connectivity index (χ1n) is 7.16. The fourth-order valence-corrected chi connectivity index (χ4v) is 3.22. The second-order valence-corrected chi connectivity index (χ2v) is 6.71. The van der Waals surface area contributed by atoms with E-state index in [9.17, 15) is 4.79 Å². The molecule has 0 radical (unpaired) electrons. The van der Waals surface area contributed by atoms with E-state index in [0.717, 1.165) is 29.2 Å². The minimum Gasteiger partial charge on any atom is -0.351 e. The highest BCUT2D eigenvalue weighted by atomic mass is 35.5. The molecule has 22 heavy (non-hydrogen) atoms. The lowest BCUT2D eigenvalue weighted by atomic mass is 10.3. The van der Waals surface area contributed by atoms with E-state index in [2.05, 4.69) is 10.3 Å². The van der Waals surface area contributed by atoms with Gasteiger partial charge in [-0.3, -0.25) is 0 Å². The number of hydrogen-bond donors (Lipinski definition) is 1. The van der Waals surface area contributed by atoms with E-state index in [4.69, 9.17) is 11.6 Å². The van der Waals surface area contributed by atoms with Crippen LogP contribution in [0.15, 0.2) is 17.6 Å². The minimum absolute atomic E-state index is 0.0763. The first kappa shape index (κ1) is 16.8. The van der Waals surface area contributed by atoms with Crippen LogP contribution in [0.5, 0.6) is 0 Å². The molecule has 0 aliphatic carbocycles. The van der Waals surface area contributed by atoms with E-state index >= 15 is 0 Å². The molecular formula is C15H21ClN4OS. The van der Waals surface area contributed by atoms with Crippen LogP contribution >= 0.6 is 22.9 Å². The van der Waals surface area contributed by atoms with Crippen LogP contribution in [-0.2, 0) is 20.0 Å². The molecule has 2 aromatic rings. The third kappa shape index (κ3) is 4.74. The Labute approximate surface area is 139 Å². The van der Waals surface area contributed by atoms with Gasteiger partial charge in [0.15, 0.2) is 0 Å². The van der Waals surface area contributed by atoms with Gasteiger partial charge >= 0.3 is 6.03 Å². The molecular weight excluding hydrogens is 320 g/mol. The van der Waals surface area contributed by atoms with Gasteiger partial charge in [-0.15, -0.1) is 11.3 Å². The Morgan fingerprint density at radius 2 is 2.32 bits per heavy atom. The van der Waals surface area contributed by atoms with Gasteiger partial charge in [0, 0.05) is 50.0 Å². The third-order valence-electron chi connectivity index (χ3n) is 3.33. The van der Waals surface area contributed by atoms with Crippen LogP contribution in [0.3, 0.4) is 0 Å². The van der Waals surface area contributed by atoms with Crippen LogP contribution < -0.4 is 5.32 Å². The van der Waals surface area contributed by atoms with Crippen LogP contribution in [-0.4, -0.2) is 34.1 Å². The van der Waals surface area contributed by atoms with Gasteiger partial charge in [0.05, 0.1) is 16.6 Å². The molecule has 0 atom stereocenters. The topological polar surface area (TPSA) is 50.2 Å². The van der Waals surface area contributed by atoms with Crippen molar-refractivity contribution in [3.63, 3.8) is 0 Å².